The van der Waals surface area contributed by atoms with Crippen molar-refractivity contribution < 1.29 is 14.3 Å². The average molecular weight is 235 g/mol. The van der Waals surface area contributed by atoms with Crippen molar-refractivity contribution in [1.82, 2.24) is 0 Å². The molecule has 1 aromatic rings. The Morgan fingerprint density at radius 1 is 1.59 bits per heavy atom. The van der Waals surface area contributed by atoms with Gasteiger partial charge in [-0.3, -0.25) is 4.79 Å². The van der Waals surface area contributed by atoms with E-state index in [0.29, 0.717) is 24.3 Å². The second-order valence-electron chi connectivity index (χ2n) is 4.10. The highest BCUT2D eigenvalue weighted by molar-refractivity contribution is 6.02. The molecule has 4 heteroatoms. The van der Waals surface area contributed by atoms with Crippen LogP contribution in [0, 0.1) is 0 Å². The molecule has 0 spiro atoms. The molecule has 1 atom stereocenters. The Morgan fingerprint density at radius 3 is 3.00 bits per heavy atom. The summed E-state index contributed by atoms with van der Waals surface area (Å²) in [6.07, 6.45) is 1.40. The highest BCUT2D eigenvalue weighted by atomic mass is 16.5. The predicted octanol–water partition coefficient (Wildman–Crippen LogP) is 1.55. The first-order valence-electron chi connectivity index (χ1n) is 5.81. The minimum absolute atomic E-state index is 0.0703. The molecule has 1 aliphatic heterocycles. The minimum Gasteiger partial charge on any atom is -0.496 e. The Balaban J connectivity index is 2.45. The van der Waals surface area contributed by atoms with Crippen LogP contribution in [0.4, 0.5) is 0 Å². The maximum absolute atomic E-state index is 12.1. The van der Waals surface area contributed by atoms with E-state index in [4.69, 9.17) is 15.2 Å². The van der Waals surface area contributed by atoms with Gasteiger partial charge in [0.15, 0.2) is 5.78 Å². The van der Waals surface area contributed by atoms with Crippen LogP contribution in [0.25, 0.3) is 0 Å². The number of hydrogen-bond acceptors (Lipinski definition) is 4. The first kappa shape index (κ1) is 11.9. The molecule has 2 rings (SSSR count). The molecule has 0 bridgehead atoms. The van der Waals surface area contributed by atoms with E-state index in [0.717, 1.165) is 17.7 Å². The molecule has 0 saturated carbocycles. The van der Waals surface area contributed by atoms with Crippen molar-refractivity contribution in [3.63, 3.8) is 0 Å². The quantitative estimate of drug-likeness (QED) is 0.804. The Hall–Kier alpha value is -1.55. The van der Waals surface area contributed by atoms with Gasteiger partial charge in [0, 0.05) is 12.0 Å². The molecule has 17 heavy (non-hydrogen) atoms. The third-order valence-electron chi connectivity index (χ3n) is 3.07. The van der Waals surface area contributed by atoms with Gasteiger partial charge in [0.05, 0.1) is 25.3 Å². The highest BCUT2D eigenvalue weighted by Crippen LogP contribution is 2.36. The van der Waals surface area contributed by atoms with E-state index < -0.39 is 6.04 Å². The molecular formula is C13H17NO3. The lowest BCUT2D eigenvalue weighted by atomic mass is 9.98. The highest BCUT2D eigenvalue weighted by Gasteiger charge is 2.25. The second kappa shape index (κ2) is 4.75. The van der Waals surface area contributed by atoms with Gasteiger partial charge in [0.25, 0.3) is 0 Å². The molecule has 1 heterocycles. The molecule has 4 nitrogen and oxygen atoms in total. The van der Waals surface area contributed by atoms with Crippen molar-refractivity contribution in [1.29, 1.82) is 0 Å². The zero-order chi connectivity index (χ0) is 12.4. The van der Waals surface area contributed by atoms with E-state index in [1.54, 1.807) is 13.2 Å². The van der Waals surface area contributed by atoms with Gasteiger partial charge in [-0.2, -0.15) is 0 Å². The largest absolute Gasteiger partial charge is 0.496 e. The Labute approximate surface area is 101 Å². The van der Waals surface area contributed by atoms with E-state index in [1.807, 2.05) is 13.0 Å². The van der Waals surface area contributed by atoms with E-state index in [-0.39, 0.29) is 5.78 Å². The van der Waals surface area contributed by atoms with Gasteiger partial charge >= 0.3 is 0 Å². The Kier molecular flexibility index (Phi) is 3.33. The van der Waals surface area contributed by atoms with Crippen LogP contribution in [0.3, 0.4) is 0 Å². The SMILES string of the molecule is CCC(N)C(=O)c1ccc2c(c1OC)CCO2. The molecule has 1 aromatic carbocycles. The van der Waals surface area contributed by atoms with Gasteiger partial charge < -0.3 is 15.2 Å². The van der Waals surface area contributed by atoms with Gasteiger partial charge in [0.2, 0.25) is 0 Å². The maximum atomic E-state index is 12.1. The number of methoxy groups -OCH3 is 1. The monoisotopic (exact) mass is 235 g/mol. The third-order valence-corrected chi connectivity index (χ3v) is 3.07. The Bertz CT molecular complexity index is 443. The zero-order valence-electron chi connectivity index (χ0n) is 10.2. The number of Topliss-reactive ketones (excluding diaryl/α,β-unsaturated/α-hetero) is 1. The van der Waals surface area contributed by atoms with Crippen LogP contribution in [0.2, 0.25) is 0 Å². The zero-order valence-corrected chi connectivity index (χ0v) is 10.2. The summed E-state index contributed by atoms with van der Waals surface area (Å²) in [7, 11) is 1.57. The van der Waals surface area contributed by atoms with Gasteiger partial charge in [0.1, 0.15) is 11.5 Å². The molecular weight excluding hydrogens is 218 g/mol. The molecule has 0 radical (unpaired) electrons. The van der Waals surface area contributed by atoms with Crippen LogP contribution in [-0.4, -0.2) is 25.5 Å². The van der Waals surface area contributed by atoms with Crippen molar-refractivity contribution in [2.75, 3.05) is 13.7 Å². The number of benzene rings is 1. The lowest BCUT2D eigenvalue weighted by Gasteiger charge is -2.14. The van der Waals surface area contributed by atoms with Crippen LogP contribution in [0.1, 0.15) is 29.3 Å². The number of carbonyl (C=O) groups is 1. The summed E-state index contributed by atoms with van der Waals surface area (Å²) < 4.78 is 10.8. The lowest BCUT2D eigenvalue weighted by molar-refractivity contribution is 0.0956. The molecule has 0 amide bonds. The smallest absolute Gasteiger partial charge is 0.183 e. The van der Waals surface area contributed by atoms with Crippen LogP contribution >= 0.6 is 0 Å². The number of hydrogen-bond donors (Lipinski definition) is 1. The number of carbonyl (C=O) groups excluding carboxylic acids is 1. The van der Waals surface area contributed by atoms with Crippen LogP contribution in [0.5, 0.6) is 11.5 Å². The maximum Gasteiger partial charge on any atom is 0.183 e. The summed E-state index contributed by atoms with van der Waals surface area (Å²) >= 11 is 0. The normalized spacial score (nSPS) is 15.0. The fourth-order valence-electron chi connectivity index (χ4n) is 2.06. The van der Waals surface area contributed by atoms with Crippen molar-refractivity contribution in [3.8, 4) is 11.5 Å². The number of ketones is 1. The number of rotatable bonds is 4. The van der Waals surface area contributed by atoms with Crippen LogP contribution in [-0.2, 0) is 6.42 Å². The number of nitrogens with two attached hydrogens (primary N) is 1. The standard InChI is InChI=1S/C13H17NO3/c1-3-10(14)12(15)9-4-5-11-8(6-7-17-11)13(9)16-2/h4-5,10H,3,6-7,14H2,1-2H3. The fraction of sp³-hybridized carbons (Fsp3) is 0.462. The van der Waals surface area contributed by atoms with E-state index in [1.165, 1.54) is 0 Å². The molecule has 0 aliphatic carbocycles. The van der Waals surface area contributed by atoms with Crippen molar-refractivity contribution in [2.24, 2.45) is 5.73 Å². The summed E-state index contributed by atoms with van der Waals surface area (Å²) in [4.78, 5) is 12.1. The van der Waals surface area contributed by atoms with Gasteiger partial charge in [-0.25, -0.2) is 0 Å². The average Bonchev–Trinajstić information content (AvgIpc) is 2.83. The predicted molar refractivity (Wildman–Crippen MR) is 64.8 cm³/mol. The first-order valence-corrected chi connectivity index (χ1v) is 5.81. The van der Waals surface area contributed by atoms with E-state index >= 15 is 0 Å². The fourth-order valence-corrected chi connectivity index (χ4v) is 2.06. The van der Waals surface area contributed by atoms with Gasteiger partial charge in [-0.15, -0.1) is 0 Å². The number of ether oxygens (including phenoxy) is 2. The first-order chi connectivity index (χ1) is 8.19. The van der Waals surface area contributed by atoms with Crippen molar-refractivity contribution in [3.05, 3.63) is 23.3 Å². The van der Waals surface area contributed by atoms with Crippen LogP contribution in [0.15, 0.2) is 12.1 Å². The van der Waals surface area contributed by atoms with E-state index in [2.05, 4.69) is 0 Å². The van der Waals surface area contributed by atoms with Gasteiger partial charge in [-0.1, -0.05) is 6.92 Å². The number of fused-ring (bicyclic) bond motifs is 1. The summed E-state index contributed by atoms with van der Waals surface area (Å²) in [6, 6.07) is 3.09. The molecule has 1 aliphatic rings. The second-order valence-corrected chi connectivity index (χ2v) is 4.10. The van der Waals surface area contributed by atoms with Gasteiger partial charge in [-0.05, 0) is 18.6 Å². The van der Waals surface area contributed by atoms with E-state index in [9.17, 15) is 4.79 Å². The molecule has 0 fully saturated rings. The minimum atomic E-state index is -0.468. The molecule has 0 aromatic heterocycles. The third kappa shape index (κ3) is 2.00. The lowest BCUT2D eigenvalue weighted by Crippen LogP contribution is -2.29. The van der Waals surface area contributed by atoms with Crippen molar-refractivity contribution >= 4 is 5.78 Å². The Morgan fingerprint density at radius 2 is 2.35 bits per heavy atom. The summed E-state index contributed by atoms with van der Waals surface area (Å²) in [5.74, 6) is 1.36. The summed E-state index contributed by atoms with van der Waals surface area (Å²) in [5, 5.41) is 0. The molecule has 1 unspecified atom stereocenters. The summed E-state index contributed by atoms with van der Waals surface area (Å²) in [5.41, 5.74) is 7.32. The topological polar surface area (TPSA) is 61.6 Å². The van der Waals surface area contributed by atoms with Crippen molar-refractivity contribution in [2.45, 2.75) is 25.8 Å². The molecule has 0 saturated heterocycles. The van der Waals surface area contributed by atoms with Crippen LogP contribution < -0.4 is 15.2 Å². The molecule has 2 N–H and O–H groups in total. The molecule has 92 valence electrons. The summed E-state index contributed by atoms with van der Waals surface area (Å²) in [6.45, 7) is 2.54.